The van der Waals surface area contributed by atoms with Gasteiger partial charge in [0.05, 0.1) is 44.2 Å². The fraction of sp³-hybridized carbons (Fsp3) is 0.457. The summed E-state index contributed by atoms with van der Waals surface area (Å²) in [6.07, 6.45) is -1.44. The van der Waals surface area contributed by atoms with Gasteiger partial charge in [-0.15, -0.1) is 0 Å². The molecule has 8 nitrogen and oxygen atoms in total. The Morgan fingerprint density at radius 2 is 1.35 bits per heavy atom. The Bertz CT molecular complexity index is 1760. The van der Waals surface area contributed by atoms with Crippen molar-refractivity contribution in [2.45, 2.75) is 120 Å². The van der Waals surface area contributed by atoms with Crippen LogP contribution in [0, 0.1) is 0 Å². The highest BCUT2D eigenvalue weighted by molar-refractivity contribution is 6.99. The fourth-order valence-corrected chi connectivity index (χ4v) is 13.3. The summed E-state index contributed by atoms with van der Waals surface area (Å²) in [6, 6.07) is 40.9. The molecule has 3 fully saturated rings. The Balaban J connectivity index is 1.08. The van der Waals surface area contributed by atoms with Gasteiger partial charge in [-0.1, -0.05) is 142 Å². The van der Waals surface area contributed by atoms with Gasteiger partial charge in [0.2, 0.25) is 0 Å². The minimum absolute atomic E-state index is 0.0130. The van der Waals surface area contributed by atoms with E-state index in [9.17, 15) is 9.90 Å². The molecule has 0 bridgehead atoms. The quantitative estimate of drug-likeness (QED) is 0.114. The van der Waals surface area contributed by atoms with Gasteiger partial charge in [-0.05, 0) is 46.3 Å². The lowest BCUT2D eigenvalue weighted by Gasteiger charge is -2.56. The van der Waals surface area contributed by atoms with Gasteiger partial charge in [-0.2, -0.15) is 0 Å². The Morgan fingerprint density at radius 3 is 1.93 bits per heavy atom. The summed E-state index contributed by atoms with van der Waals surface area (Å²) < 4.78 is 40.0. The summed E-state index contributed by atoms with van der Waals surface area (Å²) in [4.78, 5) is 14.1. The summed E-state index contributed by atoms with van der Waals surface area (Å²) in [6.45, 7) is 10.0. The summed E-state index contributed by atoms with van der Waals surface area (Å²) in [5.74, 6) is -0.429. The van der Waals surface area contributed by atoms with Crippen molar-refractivity contribution in [1.29, 1.82) is 0 Å². The minimum Gasteiger partial charge on any atom is -0.404 e. The maximum Gasteiger partial charge on any atom is 0.261 e. The van der Waals surface area contributed by atoms with Crippen LogP contribution in [0.1, 0.15) is 64.5 Å². The first-order valence-electron chi connectivity index (χ1n) is 19.8. The second-order valence-electron chi connectivity index (χ2n) is 16.4. The molecular weight excluding hydrogens is 709 g/mol. The molecule has 4 aromatic rings. The van der Waals surface area contributed by atoms with Crippen LogP contribution in [-0.4, -0.2) is 80.7 Å². The van der Waals surface area contributed by atoms with E-state index in [1.165, 1.54) is 0 Å². The molecule has 3 saturated heterocycles. The average molecular weight is 765 g/mol. The highest BCUT2D eigenvalue weighted by atomic mass is 28.4. The molecule has 3 aliphatic heterocycles. The smallest absolute Gasteiger partial charge is 0.261 e. The molecule has 0 unspecified atom stereocenters. The molecular formula is C46H56O8Si. The normalized spacial score (nSPS) is 28.3. The van der Waals surface area contributed by atoms with Gasteiger partial charge in [-0.3, -0.25) is 4.79 Å². The number of ether oxygens (including phenoxy) is 5. The summed E-state index contributed by atoms with van der Waals surface area (Å²) in [5.41, 5.74) is 0.942. The molecule has 0 amide bonds. The predicted octanol–water partition coefficient (Wildman–Crippen LogP) is 6.55. The molecule has 8 atom stereocenters. The van der Waals surface area contributed by atoms with Gasteiger partial charge in [0.1, 0.15) is 23.9 Å². The second kappa shape index (κ2) is 17.3. The van der Waals surface area contributed by atoms with Crippen molar-refractivity contribution in [2.24, 2.45) is 0 Å². The van der Waals surface area contributed by atoms with Crippen molar-refractivity contribution in [3.8, 4) is 0 Å². The Labute approximate surface area is 327 Å². The maximum atomic E-state index is 14.1. The number of ketones is 1. The molecule has 1 N–H and O–H groups in total. The first-order valence-corrected chi connectivity index (χ1v) is 21.7. The third-order valence-corrected chi connectivity index (χ3v) is 16.6. The zero-order valence-electron chi connectivity index (χ0n) is 32.6. The van der Waals surface area contributed by atoms with Crippen LogP contribution in [-0.2, 0) is 46.1 Å². The highest BCUT2D eigenvalue weighted by Crippen LogP contribution is 2.45. The largest absolute Gasteiger partial charge is 0.404 e. The zero-order valence-corrected chi connectivity index (χ0v) is 33.6. The molecule has 0 spiro atoms. The molecule has 7 rings (SSSR count). The molecule has 0 aromatic heterocycles. The zero-order chi connectivity index (χ0) is 38.5. The Hall–Kier alpha value is -3.51. The number of benzene rings is 4. The van der Waals surface area contributed by atoms with Crippen LogP contribution in [0.2, 0.25) is 5.04 Å². The Kier molecular flexibility index (Phi) is 12.5. The molecule has 4 aromatic carbocycles. The van der Waals surface area contributed by atoms with Gasteiger partial charge in [0, 0.05) is 19.4 Å². The molecule has 0 saturated carbocycles. The number of carbonyl (C=O) groups excluding carboxylic acids is 1. The van der Waals surface area contributed by atoms with Crippen LogP contribution < -0.4 is 10.4 Å². The topological polar surface area (TPSA) is 92.7 Å². The van der Waals surface area contributed by atoms with Crippen LogP contribution in [0.4, 0.5) is 0 Å². The number of hydrogen-bond donors (Lipinski definition) is 1. The second-order valence-corrected chi connectivity index (χ2v) is 20.7. The maximum absolute atomic E-state index is 14.1. The molecule has 292 valence electrons. The van der Waals surface area contributed by atoms with E-state index < -0.39 is 44.1 Å². The molecule has 9 heteroatoms. The van der Waals surface area contributed by atoms with E-state index in [0.29, 0.717) is 32.7 Å². The molecule has 0 aliphatic carbocycles. The van der Waals surface area contributed by atoms with Gasteiger partial charge in [0.15, 0.2) is 5.78 Å². The highest BCUT2D eigenvalue weighted by Gasteiger charge is 2.61. The molecule has 0 radical (unpaired) electrons. The van der Waals surface area contributed by atoms with Crippen LogP contribution in [0.5, 0.6) is 0 Å². The monoisotopic (exact) mass is 764 g/mol. The first-order chi connectivity index (χ1) is 26.6. The number of carbonyl (C=O) groups is 1. The number of aliphatic hydroxyl groups excluding tert-OH is 1. The minimum atomic E-state index is -2.97. The summed E-state index contributed by atoms with van der Waals surface area (Å²) in [5, 5.41) is 13.8. The van der Waals surface area contributed by atoms with Crippen molar-refractivity contribution >= 4 is 24.5 Å². The van der Waals surface area contributed by atoms with Crippen molar-refractivity contribution in [2.75, 3.05) is 13.2 Å². The van der Waals surface area contributed by atoms with E-state index in [2.05, 4.69) is 57.2 Å². The van der Waals surface area contributed by atoms with Gasteiger partial charge in [0.25, 0.3) is 8.32 Å². The Morgan fingerprint density at radius 1 is 0.782 bits per heavy atom. The average Bonchev–Trinajstić information content (AvgIpc) is 3.20. The van der Waals surface area contributed by atoms with Crippen molar-refractivity contribution in [1.82, 2.24) is 0 Å². The standard InChI is InChI=1S/C46H56O8Si/c1-45(2,3)55(36-23-13-7-14-24-36,37-25-15-8-16-26-37)51-32-40-42(47)44(48)46(4)41(53-40)29-39-43(54-46)38(50-31-34-20-11-6-12-21-34)28-35(52-39)22-17-27-49-30-33-18-9-5-10-19-33/h5-16,18-21,23-26,35,38-41,43-44,48H,17,22,27-32H2,1-4H3/t35-,38+,39-,40-,41+,43+,44-,46+/m1/s1. The third-order valence-electron chi connectivity index (χ3n) is 11.6. The lowest BCUT2D eigenvalue weighted by Crippen LogP contribution is -2.72. The number of aliphatic hydroxyl groups is 1. The van der Waals surface area contributed by atoms with E-state index in [0.717, 1.165) is 34.3 Å². The van der Waals surface area contributed by atoms with Crippen molar-refractivity contribution < 1.29 is 38.0 Å². The molecule has 3 heterocycles. The third kappa shape index (κ3) is 8.60. The van der Waals surface area contributed by atoms with E-state index >= 15 is 0 Å². The van der Waals surface area contributed by atoms with E-state index in [1.54, 1.807) is 6.92 Å². The predicted molar refractivity (Wildman–Crippen MR) is 215 cm³/mol. The SMILES string of the molecule is CC(C)(C)[Si](OC[C@H]1O[C@H]2C[C@H]3O[C@H](CCCOCc4ccccc4)C[C@H](OCc4ccccc4)[C@@H]3O[C@]2(C)[C@H](O)C1=O)(c1ccccc1)c1ccccc1. The van der Waals surface area contributed by atoms with Crippen LogP contribution in [0.15, 0.2) is 121 Å². The first kappa shape index (κ1) is 39.7. The van der Waals surface area contributed by atoms with E-state index in [-0.39, 0.29) is 30.0 Å². The van der Waals surface area contributed by atoms with Gasteiger partial charge >= 0.3 is 0 Å². The molecule has 3 aliphatic rings. The van der Waals surface area contributed by atoms with Crippen LogP contribution in [0.25, 0.3) is 0 Å². The lowest BCUT2D eigenvalue weighted by molar-refractivity contribution is -0.324. The van der Waals surface area contributed by atoms with E-state index in [1.807, 2.05) is 84.9 Å². The summed E-state index contributed by atoms with van der Waals surface area (Å²) >= 11 is 0. The van der Waals surface area contributed by atoms with Crippen LogP contribution in [0.3, 0.4) is 0 Å². The van der Waals surface area contributed by atoms with Crippen molar-refractivity contribution in [3.05, 3.63) is 132 Å². The lowest BCUT2D eigenvalue weighted by atomic mass is 9.77. The van der Waals surface area contributed by atoms with Crippen LogP contribution >= 0.6 is 0 Å². The van der Waals surface area contributed by atoms with Gasteiger partial charge < -0.3 is 33.2 Å². The van der Waals surface area contributed by atoms with Gasteiger partial charge in [-0.25, -0.2) is 0 Å². The fourth-order valence-electron chi connectivity index (χ4n) is 8.71. The summed E-state index contributed by atoms with van der Waals surface area (Å²) in [7, 11) is -2.97. The number of rotatable bonds is 14. The van der Waals surface area contributed by atoms with E-state index in [4.69, 9.17) is 28.1 Å². The number of Topliss-reactive ketones (excluding diaryl/α,β-unsaturated/α-hetero) is 1. The number of hydrogen-bond acceptors (Lipinski definition) is 8. The van der Waals surface area contributed by atoms with Crippen molar-refractivity contribution in [3.63, 3.8) is 0 Å². The molecule has 55 heavy (non-hydrogen) atoms. The number of fused-ring (bicyclic) bond motifs is 2.